The van der Waals surface area contributed by atoms with Gasteiger partial charge in [0.1, 0.15) is 5.69 Å². The number of nitrogens with zero attached hydrogens (tertiary/aromatic N) is 1. The third kappa shape index (κ3) is 2.30. The molecular weight excluding hydrogens is 333 g/mol. The Hall–Kier alpha value is -0.420. The average Bonchev–Trinajstić information content (AvgIpc) is 2.63. The van der Waals surface area contributed by atoms with E-state index >= 15 is 0 Å². The summed E-state index contributed by atoms with van der Waals surface area (Å²) in [7, 11) is 0. The van der Waals surface area contributed by atoms with Crippen molar-refractivity contribution < 1.29 is 4.79 Å². The molecule has 2 rings (SSSR count). The Morgan fingerprint density at radius 2 is 2.19 bits per heavy atom. The number of hydrogen-bond donors (Lipinski definition) is 0. The Labute approximate surface area is 114 Å². The van der Waals surface area contributed by atoms with Crippen LogP contribution in [0.4, 0.5) is 0 Å². The molecule has 0 bridgehead atoms. The van der Waals surface area contributed by atoms with Crippen molar-refractivity contribution in [1.82, 2.24) is 4.98 Å². The summed E-state index contributed by atoms with van der Waals surface area (Å²) in [6.07, 6.45) is 1.40. The molecule has 0 aliphatic carbocycles. The van der Waals surface area contributed by atoms with E-state index < -0.39 is 0 Å². The average molecular weight is 337 g/mol. The minimum absolute atomic E-state index is 0.205. The number of carbonyl (C=O) groups is 1. The van der Waals surface area contributed by atoms with Gasteiger partial charge in [-0.2, -0.15) is 0 Å². The van der Waals surface area contributed by atoms with Crippen LogP contribution in [0.5, 0.6) is 0 Å². The second-order valence-corrected chi connectivity index (χ2v) is 5.52. The lowest BCUT2D eigenvalue weighted by Crippen LogP contribution is -2.03. The topological polar surface area (TPSA) is 30.0 Å². The summed E-state index contributed by atoms with van der Waals surface area (Å²) in [4.78, 5) is 16.6. The molecular formula is C10H4BrCl2NOS. The fourth-order valence-corrected chi connectivity index (χ4v) is 3.10. The van der Waals surface area contributed by atoms with Crippen molar-refractivity contribution in [1.29, 1.82) is 0 Å². The van der Waals surface area contributed by atoms with E-state index in [2.05, 4.69) is 20.9 Å². The molecule has 2 nitrogen and oxygen atoms in total. The normalized spacial score (nSPS) is 10.4. The van der Waals surface area contributed by atoms with Crippen LogP contribution in [0.1, 0.15) is 15.4 Å². The molecule has 0 amide bonds. The molecule has 16 heavy (non-hydrogen) atoms. The number of aromatic nitrogens is 1. The zero-order chi connectivity index (χ0) is 11.7. The predicted octanol–water partition coefficient (Wildman–Crippen LogP) is 4.44. The molecule has 0 spiro atoms. The highest BCUT2D eigenvalue weighted by Gasteiger charge is 2.18. The van der Waals surface area contributed by atoms with Gasteiger partial charge in [-0.25, -0.2) is 4.98 Å². The van der Waals surface area contributed by atoms with Crippen LogP contribution in [-0.2, 0) is 0 Å². The molecule has 0 aromatic carbocycles. The van der Waals surface area contributed by atoms with Crippen molar-refractivity contribution >= 4 is 56.3 Å². The lowest BCUT2D eigenvalue weighted by Gasteiger charge is -2.01. The number of ketones is 1. The standard InChI is InChI=1S/C10H4BrCl2NOS/c11-6-1-2-16-10(6)9(15)8-7(13)3-5(12)4-14-8/h1-4H. The first kappa shape index (κ1) is 12.0. The molecule has 0 N–H and O–H groups in total. The van der Waals surface area contributed by atoms with Crippen molar-refractivity contribution in [2.45, 2.75) is 0 Å². The summed E-state index contributed by atoms with van der Waals surface area (Å²) in [6, 6.07) is 3.31. The van der Waals surface area contributed by atoms with E-state index in [-0.39, 0.29) is 16.5 Å². The van der Waals surface area contributed by atoms with Crippen LogP contribution in [0.2, 0.25) is 10.0 Å². The molecule has 6 heteroatoms. The van der Waals surface area contributed by atoms with E-state index in [1.807, 2.05) is 11.4 Å². The fourth-order valence-electron chi connectivity index (χ4n) is 1.14. The third-order valence-electron chi connectivity index (χ3n) is 1.85. The molecule has 0 unspecified atom stereocenters. The number of hydrogen-bond acceptors (Lipinski definition) is 3. The van der Waals surface area contributed by atoms with Gasteiger partial charge in [-0.15, -0.1) is 11.3 Å². The SMILES string of the molecule is O=C(c1ncc(Cl)cc1Cl)c1sccc1Br. The van der Waals surface area contributed by atoms with Gasteiger partial charge in [0.2, 0.25) is 5.78 Å². The van der Waals surface area contributed by atoms with Crippen LogP contribution in [0.3, 0.4) is 0 Å². The smallest absolute Gasteiger partial charge is 0.223 e. The van der Waals surface area contributed by atoms with E-state index in [9.17, 15) is 4.79 Å². The van der Waals surface area contributed by atoms with E-state index in [1.165, 1.54) is 23.6 Å². The van der Waals surface area contributed by atoms with Crippen molar-refractivity contribution in [2.24, 2.45) is 0 Å². The highest BCUT2D eigenvalue weighted by molar-refractivity contribution is 9.10. The molecule has 2 heterocycles. The predicted molar refractivity (Wildman–Crippen MR) is 69.7 cm³/mol. The highest BCUT2D eigenvalue weighted by Crippen LogP contribution is 2.28. The third-order valence-corrected chi connectivity index (χ3v) is 4.18. The Bertz CT molecular complexity index is 556. The first-order chi connectivity index (χ1) is 7.59. The Balaban J connectivity index is 2.46. The Morgan fingerprint density at radius 3 is 2.75 bits per heavy atom. The van der Waals surface area contributed by atoms with Gasteiger partial charge in [0.05, 0.1) is 14.9 Å². The van der Waals surface area contributed by atoms with Crippen molar-refractivity contribution in [2.75, 3.05) is 0 Å². The van der Waals surface area contributed by atoms with Crippen molar-refractivity contribution in [3.63, 3.8) is 0 Å². The number of thiophene rings is 1. The summed E-state index contributed by atoms with van der Waals surface area (Å²) in [5.41, 5.74) is 0.217. The van der Waals surface area contributed by atoms with Gasteiger partial charge in [-0.3, -0.25) is 4.79 Å². The molecule has 2 aromatic rings. The maximum atomic E-state index is 12.1. The zero-order valence-corrected chi connectivity index (χ0v) is 11.6. The Kier molecular flexibility index (Phi) is 3.64. The summed E-state index contributed by atoms with van der Waals surface area (Å²) in [5, 5.41) is 2.49. The van der Waals surface area contributed by atoms with Crippen molar-refractivity contribution in [3.05, 3.63) is 48.8 Å². The molecule has 82 valence electrons. The molecule has 0 saturated carbocycles. The quantitative estimate of drug-likeness (QED) is 0.759. The van der Waals surface area contributed by atoms with Crippen LogP contribution >= 0.6 is 50.5 Å². The van der Waals surface area contributed by atoms with Gasteiger partial charge in [-0.05, 0) is 33.4 Å². The second-order valence-electron chi connectivity index (χ2n) is 2.91. The van der Waals surface area contributed by atoms with E-state index in [4.69, 9.17) is 23.2 Å². The highest BCUT2D eigenvalue weighted by atomic mass is 79.9. The van der Waals surface area contributed by atoms with Crippen LogP contribution in [0.25, 0.3) is 0 Å². The molecule has 0 fully saturated rings. The molecule has 2 aromatic heterocycles. The monoisotopic (exact) mass is 335 g/mol. The van der Waals surface area contributed by atoms with Gasteiger partial charge in [0.25, 0.3) is 0 Å². The molecule has 0 atom stereocenters. The fraction of sp³-hybridized carbons (Fsp3) is 0. The van der Waals surface area contributed by atoms with Gasteiger partial charge in [-0.1, -0.05) is 23.2 Å². The minimum Gasteiger partial charge on any atom is -0.286 e. The number of halogens is 3. The number of carbonyl (C=O) groups excluding carboxylic acids is 1. The van der Waals surface area contributed by atoms with Gasteiger partial charge >= 0.3 is 0 Å². The number of pyridine rings is 1. The maximum Gasteiger partial charge on any atom is 0.223 e. The minimum atomic E-state index is -0.205. The summed E-state index contributed by atoms with van der Waals surface area (Å²) >= 11 is 16.3. The summed E-state index contributed by atoms with van der Waals surface area (Å²) < 4.78 is 0.746. The van der Waals surface area contributed by atoms with Gasteiger partial charge in [0.15, 0.2) is 0 Å². The molecule has 0 saturated heterocycles. The zero-order valence-electron chi connectivity index (χ0n) is 7.71. The van der Waals surface area contributed by atoms with E-state index in [0.717, 1.165) is 4.47 Å². The largest absolute Gasteiger partial charge is 0.286 e. The first-order valence-electron chi connectivity index (χ1n) is 4.18. The second kappa shape index (κ2) is 4.84. The Morgan fingerprint density at radius 1 is 1.44 bits per heavy atom. The van der Waals surface area contributed by atoms with E-state index in [1.54, 1.807) is 0 Å². The van der Waals surface area contributed by atoms with Crippen LogP contribution in [0, 0.1) is 0 Å². The van der Waals surface area contributed by atoms with E-state index in [0.29, 0.717) is 9.90 Å². The number of rotatable bonds is 2. The van der Waals surface area contributed by atoms with Crippen LogP contribution in [0.15, 0.2) is 28.2 Å². The molecule has 0 aliphatic rings. The molecule has 0 radical (unpaired) electrons. The van der Waals surface area contributed by atoms with Gasteiger partial charge < -0.3 is 0 Å². The lowest BCUT2D eigenvalue weighted by atomic mass is 10.2. The summed E-state index contributed by atoms with van der Waals surface area (Å²) in [5.74, 6) is -0.205. The lowest BCUT2D eigenvalue weighted by molar-refractivity contribution is 0.103. The van der Waals surface area contributed by atoms with Crippen molar-refractivity contribution in [3.8, 4) is 0 Å². The maximum absolute atomic E-state index is 12.1. The van der Waals surface area contributed by atoms with Crippen LogP contribution < -0.4 is 0 Å². The first-order valence-corrected chi connectivity index (χ1v) is 6.61. The van der Waals surface area contributed by atoms with Gasteiger partial charge in [0, 0.05) is 10.7 Å². The molecule has 0 aliphatic heterocycles. The van der Waals surface area contributed by atoms with Crippen LogP contribution in [-0.4, -0.2) is 10.8 Å². The summed E-state index contributed by atoms with van der Waals surface area (Å²) in [6.45, 7) is 0.